The molecule has 4 rings (SSSR count). The first-order chi connectivity index (χ1) is 19.0. The number of para-hydroxylation sites is 1. The maximum Gasteiger partial charge on any atom is 0.409 e. The topological polar surface area (TPSA) is 93.5 Å². The number of hydrogen-bond donors (Lipinski definition) is 2. The molecule has 0 fully saturated rings. The number of methoxy groups -OCH3 is 1. The minimum Gasteiger partial charge on any atom is -0.494 e. The second kappa shape index (κ2) is 12.1. The molecule has 4 aromatic rings. The summed E-state index contributed by atoms with van der Waals surface area (Å²) in [5.41, 5.74) is 3.17. The lowest BCUT2D eigenvalue weighted by Gasteiger charge is -2.18. The summed E-state index contributed by atoms with van der Waals surface area (Å²) in [7, 11) is 7.16. The van der Waals surface area contributed by atoms with Crippen LogP contribution in [0, 0.1) is 0 Å². The molecule has 0 saturated carbocycles. The largest absolute Gasteiger partial charge is 0.494 e. The molecule has 1 amide bonds. The summed E-state index contributed by atoms with van der Waals surface area (Å²) in [6.07, 6.45) is -0.745. The van der Waals surface area contributed by atoms with Crippen molar-refractivity contribution >= 4 is 34.1 Å². The zero-order chi connectivity index (χ0) is 28.9. The zero-order valence-electron chi connectivity index (χ0n) is 22.4. The average molecular weight is 555 g/mol. The molecule has 12 heteroatoms. The van der Waals surface area contributed by atoms with Crippen LogP contribution in [0.3, 0.4) is 0 Å². The molecular formula is C28H29F3N6O3. The molecule has 0 aliphatic carbocycles. The number of benzene rings is 2. The van der Waals surface area contributed by atoms with Gasteiger partial charge in [0.2, 0.25) is 11.9 Å². The van der Waals surface area contributed by atoms with Gasteiger partial charge in [-0.3, -0.25) is 4.79 Å². The fourth-order valence-electron chi connectivity index (χ4n) is 3.96. The Balaban J connectivity index is 1.67. The second-order valence-corrected chi connectivity index (χ2v) is 9.13. The van der Waals surface area contributed by atoms with Gasteiger partial charge in [-0.05, 0) is 32.3 Å². The Bertz CT molecular complexity index is 1530. The molecule has 0 aliphatic rings. The van der Waals surface area contributed by atoms with Gasteiger partial charge < -0.3 is 29.6 Å². The Kier molecular flexibility index (Phi) is 8.58. The summed E-state index contributed by atoms with van der Waals surface area (Å²) < 4.78 is 51.1. The van der Waals surface area contributed by atoms with Crippen LogP contribution in [0.2, 0.25) is 0 Å². The number of halogens is 3. The van der Waals surface area contributed by atoms with Crippen LogP contribution in [-0.2, 0) is 11.8 Å². The van der Waals surface area contributed by atoms with Crippen molar-refractivity contribution < 1.29 is 27.4 Å². The van der Waals surface area contributed by atoms with Crippen LogP contribution >= 0.6 is 0 Å². The predicted octanol–water partition coefficient (Wildman–Crippen LogP) is 5.38. The van der Waals surface area contributed by atoms with Crippen LogP contribution < -0.4 is 20.1 Å². The third kappa shape index (κ3) is 7.08. The maximum atomic E-state index is 12.6. The number of likely N-dealkylation sites (N-methyl/N-ethyl adjacent to an activating group) is 1. The molecule has 0 unspecified atom stereocenters. The Labute approximate surface area is 229 Å². The van der Waals surface area contributed by atoms with Crippen LogP contribution in [0.5, 0.6) is 11.5 Å². The van der Waals surface area contributed by atoms with Gasteiger partial charge in [0.25, 0.3) is 0 Å². The van der Waals surface area contributed by atoms with Gasteiger partial charge in [0.15, 0.2) is 0 Å². The lowest BCUT2D eigenvalue weighted by Crippen LogP contribution is -2.20. The lowest BCUT2D eigenvalue weighted by atomic mass is 10.1. The first-order valence-corrected chi connectivity index (χ1v) is 12.2. The highest BCUT2D eigenvalue weighted by Crippen LogP contribution is 2.38. The van der Waals surface area contributed by atoms with E-state index in [0.29, 0.717) is 29.8 Å². The summed E-state index contributed by atoms with van der Waals surface area (Å²) >= 11 is 0. The minimum atomic E-state index is -4.62. The van der Waals surface area contributed by atoms with Gasteiger partial charge in [0.05, 0.1) is 24.2 Å². The van der Waals surface area contributed by atoms with Crippen molar-refractivity contribution in [2.24, 2.45) is 7.05 Å². The van der Waals surface area contributed by atoms with Gasteiger partial charge >= 0.3 is 6.18 Å². The van der Waals surface area contributed by atoms with Crippen LogP contribution in [0.1, 0.15) is 0 Å². The Hall–Kier alpha value is -4.58. The van der Waals surface area contributed by atoms with Crippen LogP contribution in [0.4, 0.5) is 30.5 Å². The molecule has 40 heavy (non-hydrogen) atoms. The number of anilines is 3. The fraction of sp³-hybridized carbons (Fsp3) is 0.250. The number of nitrogens with zero attached hydrogens (tertiary/aromatic N) is 4. The third-order valence-corrected chi connectivity index (χ3v) is 5.85. The van der Waals surface area contributed by atoms with E-state index >= 15 is 0 Å². The Morgan fingerprint density at radius 2 is 1.90 bits per heavy atom. The number of nitrogens with one attached hydrogen (secondary N) is 2. The molecule has 0 bridgehead atoms. The number of fused-ring (bicyclic) bond motifs is 1. The molecule has 0 aliphatic heterocycles. The van der Waals surface area contributed by atoms with E-state index in [1.54, 1.807) is 12.3 Å². The standard InChI is InChI=1S/C28H29F3N6O3/c1-36(2)13-14-40-25-16-24(39-4)21(15-22(25)33-26(38)9-11-28(29,30)31)35-27-32-12-10-20(34-27)19-17-37(3)23-8-6-5-7-18(19)23/h5-12,15-17H,13-14H2,1-4H3,(H,33,38)(H,32,34,35)/b11-9+. The van der Waals surface area contributed by atoms with E-state index in [2.05, 4.69) is 20.6 Å². The first kappa shape index (κ1) is 28.4. The number of amides is 1. The molecule has 9 nitrogen and oxygen atoms in total. The summed E-state index contributed by atoms with van der Waals surface area (Å²) in [6.45, 7) is 0.832. The number of carbonyl (C=O) groups is 1. The summed E-state index contributed by atoms with van der Waals surface area (Å²) in [5, 5.41) is 6.58. The van der Waals surface area contributed by atoms with Crippen molar-refractivity contribution in [2.75, 3.05) is 45.0 Å². The molecule has 0 saturated heterocycles. The van der Waals surface area contributed by atoms with Crippen molar-refractivity contribution in [1.29, 1.82) is 0 Å². The quantitative estimate of drug-likeness (QED) is 0.254. The fourth-order valence-corrected chi connectivity index (χ4v) is 3.96. The van der Waals surface area contributed by atoms with Gasteiger partial charge in [-0.2, -0.15) is 13.2 Å². The number of hydrogen-bond acceptors (Lipinski definition) is 7. The number of aryl methyl sites for hydroxylation is 1. The Morgan fingerprint density at radius 3 is 2.62 bits per heavy atom. The van der Waals surface area contributed by atoms with Crippen molar-refractivity contribution in [3.63, 3.8) is 0 Å². The molecule has 210 valence electrons. The van der Waals surface area contributed by atoms with Crippen molar-refractivity contribution in [3.8, 4) is 22.8 Å². The van der Waals surface area contributed by atoms with E-state index < -0.39 is 12.1 Å². The number of carbonyl (C=O) groups excluding carboxylic acids is 1. The van der Waals surface area contributed by atoms with E-state index in [4.69, 9.17) is 9.47 Å². The van der Waals surface area contributed by atoms with E-state index in [-0.39, 0.29) is 30.1 Å². The van der Waals surface area contributed by atoms with E-state index in [1.165, 1.54) is 19.2 Å². The van der Waals surface area contributed by atoms with Gasteiger partial charge in [0, 0.05) is 60.7 Å². The molecule has 0 radical (unpaired) electrons. The SMILES string of the molecule is COc1cc(OCCN(C)C)c(NC(=O)/C=C/C(F)(F)F)cc1Nc1nccc(-c2cn(C)c3ccccc23)n1. The molecule has 2 heterocycles. The van der Waals surface area contributed by atoms with Crippen LogP contribution in [-0.4, -0.2) is 65.9 Å². The minimum absolute atomic E-state index is 0.135. The van der Waals surface area contributed by atoms with Crippen molar-refractivity contribution in [2.45, 2.75) is 6.18 Å². The first-order valence-electron chi connectivity index (χ1n) is 12.2. The maximum absolute atomic E-state index is 12.6. The van der Waals surface area contributed by atoms with E-state index in [1.807, 2.05) is 61.1 Å². The number of aromatic nitrogens is 3. The van der Waals surface area contributed by atoms with Crippen molar-refractivity contribution in [1.82, 2.24) is 19.4 Å². The summed E-state index contributed by atoms with van der Waals surface area (Å²) in [6, 6.07) is 12.8. The second-order valence-electron chi connectivity index (χ2n) is 9.13. The smallest absolute Gasteiger partial charge is 0.409 e. The summed E-state index contributed by atoms with van der Waals surface area (Å²) in [5.74, 6) is -0.148. The predicted molar refractivity (Wildman–Crippen MR) is 148 cm³/mol. The molecule has 0 atom stereocenters. The zero-order valence-corrected chi connectivity index (χ0v) is 22.4. The normalized spacial score (nSPS) is 11.8. The van der Waals surface area contributed by atoms with Gasteiger partial charge in [-0.1, -0.05) is 18.2 Å². The van der Waals surface area contributed by atoms with Crippen LogP contribution in [0.25, 0.3) is 22.2 Å². The highest BCUT2D eigenvalue weighted by Gasteiger charge is 2.23. The lowest BCUT2D eigenvalue weighted by molar-refractivity contribution is -0.112. The van der Waals surface area contributed by atoms with Gasteiger partial charge in [-0.15, -0.1) is 0 Å². The highest BCUT2D eigenvalue weighted by atomic mass is 19.4. The number of alkyl halides is 3. The van der Waals surface area contributed by atoms with E-state index in [9.17, 15) is 18.0 Å². The number of ether oxygens (including phenoxy) is 2. The number of allylic oxidation sites excluding steroid dienone is 1. The molecule has 2 aromatic heterocycles. The van der Waals surface area contributed by atoms with Gasteiger partial charge in [-0.25, -0.2) is 9.97 Å². The average Bonchev–Trinajstić information content (AvgIpc) is 3.25. The van der Waals surface area contributed by atoms with Crippen LogP contribution in [0.15, 0.2) is 67.0 Å². The number of rotatable bonds is 10. The van der Waals surface area contributed by atoms with E-state index in [0.717, 1.165) is 16.5 Å². The van der Waals surface area contributed by atoms with Crippen molar-refractivity contribution in [3.05, 3.63) is 67.0 Å². The molecule has 2 N–H and O–H groups in total. The molecular weight excluding hydrogens is 525 g/mol. The third-order valence-electron chi connectivity index (χ3n) is 5.85. The monoisotopic (exact) mass is 554 g/mol. The molecule has 2 aromatic carbocycles. The summed E-state index contributed by atoms with van der Waals surface area (Å²) in [4.78, 5) is 23.2. The van der Waals surface area contributed by atoms with Gasteiger partial charge in [0.1, 0.15) is 18.1 Å². The molecule has 0 spiro atoms. The Morgan fingerprint density at radius 1 is 1.12 bits per heavy atom. The highest BCUT2D eigenvalue weighted by molar-refractivity contribution is 6.01.